The van der Waals surface area contributed by atoms with E-state index in [2.05, 4.69) is 5.32 Å². The Balaban J connectivity index is 1.68. The van der Waals surface area contributed by atoms with E-state index in [1.54, 1.807) is 19.1 Å². The highest BCUT2D eigenvalue weighted by molar-refractivity contribution is 8.18. The standard InChI is InChI=1S/C18H14N2O6S/c1-10-5-6-13(26-10)8-14-16(22)20(18(25)27-14)9-15(21)19-12-4-2-3-11(7-12)17(23)24/h2-8H,9H2,1H3,(H,19,21)(H,23,24)/b14-8-. The van der Waals surface area contributed by atoms with E-state index in [0.29, 0.717) is 11.5 Å². The van der Waals surface area contributed by atoms with Crippen LogP contribution in [0.25, 0.3) is 6.08 Å². The molecule has 0 radical (unpaired) electrons. The third-order valence-corrected chi connectivity index (χ3v) is 4.51. The van der Waals surface area contributed by atoms with Crippen molar-refractivity contribution in [1.29, 1.82) is 0 Å². The molecule has 9 heteroatoms. The monoisotopic (exact) mass is 386 g/mol. The number of hydrogen-bond acceptors (Lipinski definition) is 6. The van der Waals surface area contributed by atoms with Crippen LogP contribution in [0.4, 0.5) is 10.5 Å². The van der Waals surface area contributed by atoms with Crippen LogP contribution in [0.5, 0.6) is 0 Å². The van der Waals surface area contributed by atoms with Crippen LogP contribution >= 0.6 is 11.8 Å². The number of imide groups is 1. The van der Waals surface area contributed by atoms with Crippen LogP contribution in [0.2, 0.25) is 0 Å². The number of thioether (sulfide) groups is 1. The van der Waals surface area contributed by atoms with Crippen molar-refractivity contribution < 1.29 is 28.7 Å². The molecule has 1 aromatic heterocycles. The number of carbonyl (C=O) groups is 4. The van der Waals surface area contributed by atoms with Gasteiger partial charge in [-0.25, -0.2) is 4.79 Å². The molecule has 1 fully saturated rings. The Bertz CT molecular complexity index is 978. The first-order valence-electron chi connectivity index (χ1n) is 7.78. The molecular formula is C18H14N2O6S. The highest BCUT2D eigenvalue weighted by Crippen LogP contribution is 2.32. The Kier molecular flexibility index (Phi) is 5.13. The molecule has 1 aromatic carbocycles. The fourth-order valence-electron chi connectivity index (χ4n) is 2.37. The number of anilines is 1. The van der Waals surface area contributed by atoms with E-state index in [4.69, 9.17) is 9.52 Å². The first-order valence-corrected chi connectivity index (χ1v) is 8.60. The predicted molar refractivity (Wildman–Crippen MR) is 98.2 cm³/mol. The van der Waals surface area contributed by atoms with Gasteiger partial charge in [0.1, 0.15) is 18.1 Å². The average Bonchev–Trinajstić information content (AvgIpc) is 3.13. The summed E-state index contributed by atoms with van der Waals surface area (Å²) in [7, 11) is 0. The van der Waals surface area contributed by atoms with Crippen molar-refractivity contribution >= 4 is 46.5 Å². The number of furan rings is 1. The lowest BCUT2D eigenvalue weighted by Gasteiger charge is -2.12. The Labute approximate surface area is 157 Å². The Morgan fingerprint density at radius 3 is 2.70 bits per heavy atom. The van der Waals surface area contributed by atoms with E-state index in [9.17, 15) is 19.2 Å². The third kappa shape index (κ3) is 4.26. The molecule has 0 unspecified atom stereocenters. The summed E-state index contributed by atoms with van der Waals surface area (Å²) in [6.45, 7) is 1.28. The average molecular weight is 386 g/mol. The van der Waals surface area contributed by atoms with Crippen molar-refractivity contribution in [3.8, 4) is 0 Å². The van der Waals surface area contributed by atoms with Crippen molar-refractivity contribution in [1.82, 2.24) is 4.90 Å². The maximum Gasteiger partial charge on any atom is 0.335 e. The van der Waals surface area contributed by atoms with Crippen LogP contribution < -0.4 is 5.32 Å². The quantitative estimate of drug-likeness (QED) is 0.759. The Morgan fingerprint density at radius 2 is 2.04 bits per heavy atom. The molecule has 2 heterocycles. The molecule has 1 aliphatic rings. The van der Waals surface area contributed by atoms with Gasteiger partial charge in [-0.2, -0.15) is 0 Å². The third-order valence-electron chi connectivity index (χ3n) is 3.60. The van der Waals surface area contributed by atoms with Gasteiger partial charge in [0.2, 0.25) is 5.91 Å². The number of amides is 3. The molecule has 0 spiro atoms. The van der Waals surface area contributed by atoms with Gasteiger partial charge in [0.05, 0.1) is 10.5 Å². The predicted octanol–water partition coefficient (Wildman–Crippen LogP) is 2.96. The minimum absolute atomic E-state index is 0.00985. The van der Waals surface area contributed by atoms with E-state index in [0.717, 1.165) is 16.7 Å². The fraction of sp³-hybridized carbons (Fsp3) is 0.111. The number of nitrogens with one attached hydrogen (secondary N) is 1. The van der Waals surface area contributed by atoms with Crippen molar-refractivity contribution in [3.05, 3.63) is 58.4 Å². The van der Waals surface area contributed by atoms with E-state index >= 15 is 0 Å². The summed E-state index contributed by atoms with van der Waals surface area (Å²) in [5.41, 5.74) is 0.268. The van der Waals surface area contributed by atoms with Crippen molar-refractivity contribution in [2.75, 3.05) is 11.9 Å². The zero-order valence-electron chi connectivity index (χ0n) is 14.1. The molecule has 8 nitrogen and oxygen atoms in total. The maximum atomic E-state index is 12.4. The fourth-order valence-corrected chi connectivity index (χ4v) is 3.19. The van der Waals surface area contributed by atoms with Crippen molar-refractivity contribution in [3.63, 3.8) is 0 Å². The topological polar surface area (TPSA) is 117 Å². The smallest absolute Gasteiger partial charge is 0.335 e. The molecular weight excluding hydrogens is 372 g/mol. The van der Waals surface area contributed by atoms with Crippen LogP contribution in [0, 0.1) is 6.92 Å². The van der Waals surface area contributed by atoms with Gasteiger partial charge in [0.15, 0.2) is 0 Å². The Hall–Kier alpha value is -3.33. The van der Waals surface area contributed by atoms with E-state index in [1.807, 2.05) is 0 Å². The second-order valence-corrected chi connectivity index (χ2v) is 6.64. The minimum Gasteiger partial charge on any atom is -0.478 e. The zero-order chi connectivity index (χ0) is 19.6. The lowest BCUT2D eigenvalue weighted by atomic mass is 10.2. The van der Waals surface area contributed by atoms with Gasteiger partial charge >= 0.3 is 5.97 Å². The summed E-state index contributed by atoms with van der Waals surface area (Å²) < 4.78 is 5.36. The molecule has 3 amide bonds. The highest BCUT2D eigenvalue weighted by Gasteiger charge is 2.36. The number of aryl methyl sites for hydroxylation is 1. The summed E-state index contributed by atoms with van der Waals surface area (Å²) in [4.78, 5) is 48.5. The maximum absolute atomic E-state index is 12.4. The lowest BCUT2D eigenvalue weighted by Crippen LogP contribution is -2.36. The number of carboxylic acid groups (broad SMARTS) is 1. The molecule has 1 aliphatic heterocycles. The number of rotatable bonds is 5. The van der Waals surface area contributed by atoms with Crippen molar-refractivity contribution in [2.45, 2.75) is 6.92 Å². The largest absolute Gasteiger partial charge is 0.478 e. The van der Waals surface area contributed by atoms with Crippen LogP contribution in [-0.4, -0.2) is 39.6 Å². The molecule has 2 N–H and O–H groups in total. The molecule has 0 bridgehead atoms. The van der Waals surface area contributed by atoms with Gasteiger partial charge in [-0.1, -0.05) is 6.07 Å². The van der Waals surface area contributed by atoms with Gasteiger partial charge < -0.3 is 14.8 Å². The molecule has 0 atom stereocenters. The van der Waals surface area contributed by atoms with Crippen LogP contribution in [0.15, 0.2) is 45.7 Å². The first-order chi connectivity index (χ1) is 12.8. The van der Waals surface area contributed by atoms with Gasteiger partial charge in [-0.15, -0.1) is 0 Å². The number of aromatic carboxylic acids is 1. The molecule has 138 valence electrons. The van der Waals surface area contributed by atoms with E-state index < -0.39 is 29.6 Å². The number of carboxylic acids is 1. The molecule has 0 aliphatic carbocycles. The summed E-state index contributed by atoms with van der Waals surface area (Å²) in [6.07, 6.45) is 1.45. The van der Waals surface area contributed by atoms with Crippen LogP contribution in [0.1, 0.15) is 21.9 Å². The Morgan fingerprint density at radius 1 is 1.26 bits per heavy atom. The summed E-state index contributed by atoms with van der Waals surface area (Å²) in [6, 6.07) is 9.06. The molecule has 3 rings (SSSR count). The zero-order valence-corrected chi connectivity index (χ0v) is 14.9. The van der Waals surface area contributed by atoms with Crippen LogP contribution in [0.3, 0.4) is 0 Å². The van der Waals surface area contributed by atoms with Gasteiger partial charge in [-0.3, -0.25) is 19.3 Å². The van der Waals surface area contributed by atoms with Gasteiger partial charge in [0.25, 0.3) is 11.1 Å². The summed E-state index contributed by atoms with van der Waals surface area (Å²) in [5, 5.41) is 10.9. The molecule has 27 heavy (non-hydrogen) atoms. The first kappa shape index (κ1) is 18.5. The highest BCUT2D eigenvalue weighted by atomic mass is 32.2. The summed E-state index contributed by atoms with van der Waals surface area (Å²) >= 11 is 0.721. The van der Waals surface area contributed by atoms with Crippen molar-refractivity contribution in [2.24, 2.45) is 0 Å². The van der Waals surface area contributed by atoms with E-state index in [-0.39, 0.29) is 16.2 Å². The lowest BCUT2D eigenvalue weighted by molar-refractivity contribution is -0.127. The second-order valence-electron chi connectivity index (χ2n) is 5.65. The number of hydrogen-bond donors (Lipinski definition) is 2. The number of benzene rings is 1. The van der Waals surface area contributed by atoms with Crippen LogP contribution in [-0.2, 0) is 9.59 Å². The molecule has 0 saturated carbocycles. The molecule has 2 aromatic rings. The number of carbonyl (C=O) groups excluding carboxylic acids is 3. The molecule has 1 saturated heterocycles. The summed E-state index contributed by atoms with van der Waals surface area (Å²) in [5.74, 6) is -1.23. The normalized spacial score (nSPS) is 15.4. The van der Waals surface area contributed by atoms with Gasteiger partial charge in [0, 0.05) is 11.8 Å². The second kappa shape index (κ2) is 7.50. The van der Waals surface area contributed by atoms with E-state index in [1.165, 1.54) is 30.3 Å². The van der Waals surface area contributed by atoms with Gasteiger partial charge in [-0.05, 0) is 49.0 Å². The number of nitrogens with zero attached hydrogens (tertiary/aromatic N) is 1. The SMILES string of the molecule is Cc1ccc(/C=C2\SC(=O)N(CC(=O)Nc3cccc(C(=O)O)c3)C2=O)o1. The minimum atomic E-state index is -1.13.